The topological polar surface area (TPSA) is 75.7 Å². The first-order chi connectivity index (χ1) is 13.1. The number of ether oxygens (including phenoxy) is 1. The van der Waals surface area contributed by atoms with Crippen LogP contribution in [0.5, 0.6) is 0 Å². The standard InChI is InChI=1S/C23H47NO3/c1-2-3-4-5-6-7-8-9-10-11-12-13-14-15-16-21(17-18-22(25)26)23(24)19-20-27-23/h21-22,25-26H,2-20,24H2,1H3. The van der Waals surface area contributed by atoms with Crippen LogP contribution in [-0.2, 0) is 4.74 Å². The first-order valence-corrected chi connectivity index (χ1v) is 11.9. The molecule has 2 unspecified atom stereocenters. The number of hydrogen-bond acceptors (Lipinski definition) is 4. The molecule has 1 heterocycles. The van der Waals surface area contributed by atoms with Crippen molar-refractivity contribution in [1.82, 2.24) is 0 Å². The van der Waals surface area contributed by atoms with Gasteiger partial charge in [0.15, 0.2) is 6.29 Å². The molecule has 1 saturated heterocycles. The van der Waals surface area contributed by atoms with E-state index < -0.39 is 12.0 Å². The summed E-state index contributed by atoms with van der Waals surface area (Å²) >= 11 is 0. The number of unbranched alkanes of at least 4 members (excludes halogenated alkanes) is 13. The molecule has 0 radical (unpaired) electrons. The fourth-order valence-corrected chi connectivity index (χ4v) is 4.23. The van der Waals surface area contributed by atoms with E-state index >= 15 is 0 Å². The van der Waals surface area contributed by atoms with Crippen LogP contribution in [0.25, 0.3) is 0 Å². The highest BCUT2D eigenvalue weighted by atomic mass is 16.5. The molecular formula is C23H47NO3. The van der Waals surface area contributed by atoms with Crippen molar-refractivity contribution >= 4 is 0 Å². The molecule has 0 amide bonds. The van der Waals surface area contributed by atoms with Crippen molar-refractivity contribution in [3.05, 3.63) is 0 Å². The molecular weight excluding hydrogens is 338 g/mol. The highest BCUT2D eigenvalue weighted by molar-refractivity contribution is 4.88. The third-order valence-corrected chi connectivity index (χ3v) is 6.23. The molecule has 27 heavy (non-hydrogen) atoms. The van der Waals surface area contributed by atoms with E-state index in [0.29, 0.717) is 6.42 Å². The summed E-state index contributed by atoms with van der Waals surface area (Å²) in [5.74, 6) is 0.255. The quantitative estimate of drug-likeness (QED) is 0.199. The Morgan fingerprint density at radius 2 is 1.19 bits per heavy atom. The summed E-state index contributed by atoms with van der Waals surface area (Å²) < 4.78 is 5.60. The Hall–Kier alpha value is -0.160. The summed E-state index contributed by atoms with van der Waals surface area (Å²) in [6.07, 6.45) is 21.0. The van der Waals surface area contributed by atoms with Crippen molar-refractivity contribution in [3.63, 3.8) is 0 Å². The number of rotatable bonds is 19. The van der Waals surface area contributed by atoms with Gasteiger partial charge in [-0.25, -0.2) is 0 Å². The number of aliphatic hydroxyl groups is 2. The maximum absolute atomic E-state index is 9.13. The Morgan fingerprint density at radius 1 is 0.741 bits per heavy atom. The van der Waals surface area contributed by atoms with E-state index in [1.807, 2.05) is 0 Å². The number of hydrogen-bond donors (Lipinski definition) is 3. The normalized spacial score (nSPS) is 20.8. The zero-order valence-corrected chi connectivity index (χ0v) is 18.0. The van der Waals surface area contributed by atoms with Crippen LogP contribution in [0.4, 0.5) is 0 Å². The molecule has 4 N–H and O–H groups in total. The Labute approximate surface area is 168 Å². The van der Waals surface area contributed by atoms with Gasteiger partial charge in [-0.1, -0.05) is 96.8 Å². The molecule has 2 atom stereocenters. The summed E-state index contributed by atoms with van der Waals surface area (Å²) in [6, 6.07) is 0. The third-order valence-electron chi connectivity index (χ3n) is 6.23. The summed E-state index contributed by atoms with van der Waals surface area (Å²) in [5, 5.41) is 18.3. The van der Waals surface area contributed by atoms with Gasteiger partial charge in [0.1, 0.15) is 5.72 Å². The minimum absolute atomic E-state index is 0.255. The molecule has 0 aromatic rings. The van der Waals surface area contributed by atoms with Gasteiger partial charge in [0.25, 0.3) is 0 Å². The predicted molar refractivity (Wildman–Crippen MR) is 113 cm³/mol. The fourth-order valence-electron chi connectivity index (χ4n) is 4.23. The van der Waals surface area contributed by atoms with E-state index in [2.05, 4.69) is 6.92 Å². The lowest BCUT2D eigenvalue weighted by molar-refractivity contribution is -0.184. The van der Waals surface area contributed by atoms with Gasteiger partial charge < -0.3 is 20.7 Å². The second-order valence-electron chi connectivity index (χ2n) is 8.69. The summed E-state index contributed by atoms with van der Waals surface area (Å²) in [4.78, 5) is 0. The van der Waals surface area contributed by atoms with E-state index in [1.165, 1.54) is 89.9 Å². The van der Waals surface area contributed by atoms with Gasteiger partial charge in [0.2, 0.25) is 0 Å². The second-order valence-corrected chi connectivity index (χ2v) is 8.69. The van der Waals surface area contributed by atoms with Gasteiger partial charge in [-0.15, -0.1) is 0 Å². The molecule has 1 aliphatic rings. The highest BCUT2D eigenvalue weighted by Crippen LogP contribution is 2.35. The van der Waals surface area contributed by atoms with Crippen LogP contribution in [0.1, 0.15) is 122 Å². The Morgan fingerprint density at radius 3 is 1.56 bits per heavy atom. The van der Waals surface area contributed by atoms with E-state index in [-0.39, 0.29) is 5.92 Å². The third kappa shape index (κ3) is 12.1. The van der Waals surface area contributed by atoms with E-state index in [0.717, 1.165) is 25.9 Å². The highest BCUT2D eigenvalue weighted by Gasteiger charge is 2.41. The van der Waals surface area contributed by atoms with Crippen LogP contribution in [0.15, 0.2) is 0 Å². The van der Waals surface area contributed by atoms with Crippen molar-refractivity contribution in [2.75, 3.05) is 6.61 Å². The number of aliphatic hydroxyl groups excluding tert-OH is 1. The average Bonchev–Trinajstić information content (AvgIpc) is 2.62. The first-order valence-electron chi connectivity index (χ1n) is 11.9. The lowest BCUT2D eigenvalue weighted by Crippen LogP contribution is -2.57. The SMILES string of the molecule is CCCCCCCCCCCCCCCCC(CCC(O)O)C1(N)CCO1. The van der Waals surface area contributed by atoms with Crippen molar-refractivity contribution in [2.45, 2.75) is 135 Å². The summed E-state index contributed by atoms with van der Waals surface area (Å²) in [6.45, 7) is 3.02. The molecule has 0 saturated carbocycles. The zero-order chi connectivity index (χ0) is 19.8. The molecule has 1 rings (SSSR count). The lowest BCUT2D eigenvalue weighted by Gasteiger charge is -2.44. The van der Waals surface area contributed by atoms with Crippen LogP contribution < -0.4 is 5.73 Å². The van der Waals surface area contributed by atoms with Crippen molar-refractivity contribution in [2.24, 2.45) is 11.7 Å². The van der Waals surface area contributed by atoms with Gasteiger partial charge >= 0.3 is 0 Å². The molecule has 1 aliphatic heterocycles. The van der Waals surface area contributed by atoms with Crippen molar-refractivity contribution in [3.8, 4) is 0 Å². The molecule has 0 bridgehead atoms. The van der Waals surface area contributed by atoms with E-state index in [4.69, 9.17) is 20.7 Å². The minimum Gasteiger partial charge on any atom is -0.368 e. The molecule has 1 fully saturated rings. The monoisotopic (exact) mass is 385 g/mol. The molecule has 4 nitrogen and oxygen atoms in total. The van der Waals surface area contributed by atoms with Crippen LogP contribution in [0, 0.1) is 5.92 Å². The Balaban J connectivity index is 1.91. The maximum atomic E-state index is 9.13. The second kappa shape index (κ2) is 15.7. The van der Waals surface area contributed by atoms with Crippen LogP contribution >= 0.6 is 0 Å². The predicted octanol–water partition coefficient (Wildman–Crippen LogP) is 5.64. The smallest absolute Gasteiger partial charge is 0.151 e. The van der Waals surface area contributed by atoms with Crippen LogP contribution in [-0.4, -0.2) is 28.8 Å². The van der Waals surface area contributed by atoms with Gasteiger partial charge in [-0.2, -0.15) is 0 Å². The lowest BCUT2D eigenvalue weighted by atomic mass is 9.82. The van der Waals surface area contributed by atoms with E-state index in [1.54, 1.807) is 0 Å². The number of nitrogens with two attached hydrogens (primary N) is 1. The zero-order valence-electron chi connectivity index (χ0n) is 18.0. The molecule has 162 valence electrons. The van der Waals surface area contributed by atoms with Gasteiger partial charge in [-0.3, -0.25) is 0 Å². The summed E-state index contributed by atoms with van der Waals surface area (Å²) in [7, 11) is 0. The summed E-state index contributed by atoms with van der Waals surface area (Å²) in [5.41, 5.74) is 5.79. The average molecular weight is 386 g/mol. The molecule has 0 aromatic carbocycles. The van der Waals surface area contributed by atoms with Crippen LogP contribution in [0.3, 0.4) is 0 Å². The minimum atomic E-state index is -1.23. The molecule has 0 aliphatic carbocycles. The Bertz CT molecular complexity index is 332. The van der Waals surface area contributed by atoms with Gasteiger partial charge in [0, 0.05) is 12.3 Å². The first kappa shape index (κ1) is 24.9. The van der Waals surface area contributed by atoms with Crippen molar-refractivity contribution in [1.29, 1.82) is 0 Å². The molecule has 4 heteroatoms. The maximum Gasteiger partial charge on any atom is 0.151 e. The van der Waals surface area contributed by atoms with Gasteiger partial charge in [0.05, 0.1) is 6.61 Å². The molecule has 0 aromatic heterocycles. The van der Waals surface area contributed by atoms with E-state index in [9.17, 15) is 0 Å². The fraction of sp³-hybridized carbons (Fsp3) is 1.00. The largest absolute Gasteiger partial charge is 0.368 e. The van der Waals surface area contributed by atoms with Crippen molar-refractivity contribution < 1.29 is 14.9 Å². The molecule has 0 spiro atoms. The Kier molecular flexibility index (Phi) is 14.5. The van der Waals surface area contributed by atoms with Gasteiger partial charge in [-0.05, 0) is 19.3 Å². The van der Waals surface area contributed by atoms with Crippen LogP contribution in [0.2, 0.25) is 0 Å².